The van der Waals surface area contributed by atoms with E-state index in [-0.39, 0.29) is 0 Å². The molecule has 1 aromatic rings. The highest BCUT2D eigenvalue weighted by Gasteiger charge is 1.98. The van der Waals surface area contributed by atoms with Gasteiger partial charge in [0.05, 0.1) is 0 Å². The van der Waals surface area contributed by atoms with Gasteiger partial charge >= 0.3 is 0 Å². The topological polar surface area (TPSA) is 25.8 Å². The molecule has 0 fully saturated rings. The predicted octanol–water partition coefficient (Wildman–Crippen LogP) is 1.99. The summed E-state index contributed by atoms with van der Waals surface area (Å²) in [5.41, 5.74) is 0. The minimum Gasteiger partial charge on any atom is -0.142 e. The Hall–Kier alpha value is -0.350. The van der Waals surface area contributed by atoms with Crippen LogP contribution in [0.4, 0.5) is 0 Å². The fraction of sp³-hybridized carbons (Fsp3) is 0.333. The van der Waals surface area contributed by atoms with Crippen molar-refractivity contribution in [2.45, 2.75) is 10.8 Å². The molecule has 54 valence electrons. The van der Waals surface area contributed by atoms with Crippen LogP contribution in [0.2, 0.25) is 0 Å². The summed E-state index contributed by atoms with van der Waals surface area (Å²) in [6.45, 7) is 3.62. The molecule has 0 atom stereocenters. The van der Waals surface area contributed by atoms with E-state index in [1.165, 1.54) is 0 Å². The third-order valence-electron chi connectivity index (χ3n) is 0.942. The third kappa shape index (κ3) is 1.82. The summed E-state index contributed by atoms with van der Waals surface area (Å²) in [6, 6.07) is 0. The lowest BCUT2D eigenvalue weighted by Gasteiger charge is -1.80. The molecule has 0 N–H and O–H groups in total. The van der Waals surface area contributed by atoms with Gasteiger partial charge in [0.25, 0.3) is 0 Å². The van der Waals surface area contributed by atoms with Gasteiger partial charge in [0.2, 0.25) is 0 Å². The van der Waals surface area contributed by atoms with Crippen molar-refractivity contribution < 1.29 is 0 Å². The first-order chi connectivity index (χ1) is 4.86. The first kappa shape index (κ1) is 7.75. The highest BCUT2D eigenvalue weighted by Crippen LogP contribution is 2.19. The van der Waals surface area contributed by atoms with Crippen LogP contribution in [-0.4, -0.2) is 16.5 Å². The molecule has 0 aliphatic heterocycles. The van der Waals surface area contributed by atoms with Gasteiger partial charge in [-0.15, -0.1) is 16.8 Å². The van der Waals surface area contributed by atoms with E-state index in [2.05, 4.69) is 16.8 Å². The summed E-state index contributed by atoms with van der Waals surface area (Å²) in [7, 11) is 0. The van der Waals surface area contributed by atoms with Crippen LogP contribution in [0.25, 0.3) is 0 Å². The maximum absolute atomic E-state index is 3.95. The molecule has 2 nitrogen and oxygen atoms in total. The minimum absolute atomic E-state index is 0.832. The zero-order valence-corrected chi connectivity index (χ0v) is 7.34. The Morgan fingerprint density at radius 3 is 3.00 bits per heavy atom. The lowest BCUT2D eigenvalue weighted by Crippen LogP contribution is -1.76. The van der Waals surface area contributed by atoms with Crippen LogP contribution in [0.5, 0.6) is 0 Å². The first-order valence-electron chi connectivity index (χ1n) is 2.84. The molecule has 1 heterocycles. The van der Waals surface area contributed by atoms with Gasteiger partial charge in [-0.05, 0) is 6.26 Å². The highest BCUT2D eigenvalue weighted by atomic mass is 32.2. The van der Waals surface area contributed by atoms with Crippen LogP contribution >= 0.6 is 23.1 Å². The smallest absolute Gasteiger partial charge is 0.142 e. The van der Waals surface area contributed by atoms with Crippen molar-refractivity contribution in [2.75, 3.05) is 6.26 Å². The SMILES string of the molecule is C=CCc1nnc(SC)s1. The zero-order chi connectivity index (χ0) is 7.40. The van der Waals surface area contributed by atoms with Crippen LogP contribution < -0.4 is 0 Å². The number of thioether (sulfide) groups is 1. The van der Waals surface area contributed by atoms with Crippen LogP contribution in [0, 0.1) is 0 Å². The van der Waals surface area contributed by atoms with Crippen LogP contribution in [0.15, 0.2) is 17.0 Å². The number of hydrogen-bond acceptors (Lipinski definition) is 4. The second-order valence-electron chi connectivity index (χ2n) is 1.66. The minimum atomic E-state index is 0.832. The van der Waals surface area contributed by atoms with Crippen molar-refractivity contribution in [3.05, 3.63) is 17.7 Å². The standard InChI is InChI=1S/C6H8N2S2/c1-3-4-5-7-8-6(9-2)10-5/h3H,1,4H2,2H3. The van der Waals surface area contributed by atoms with Gasteiger partial charge in [-0.1, -0.05) is 29.2 Å². The monoisotopic (exact) mass is 172 g/mol. The molecule has 1 rings (SSSR count). The number of aromatic nitrogens is 2. The fourth-order valence-corrected chi connectivity index (χ4v) is 1.84. The molecule has 0 unspecified atom stereocenters. The molecule has 4 heteroatoms. The number of hydrogen-bond donors (Lipinski definition) is 0. The number of allylic oxidation sites excluding steroid dienone is 1. The summed E-state index contributed by atoms with van der Waals surface area (Å²) in [4.78, 5) is 0. The van der Waals surface area contributed by atoms with E-state index in [1.54, 1.807) is 23.1 Å². The summed E-state index contributed by atoms with van der Waals surface area (Å²) < 4.78 is 1.02. The average molecular weight is 172 g/mol. The largest absolute Gasteiger partial charge is 0.174 e. The quantitative estimate of drug-likeness (QED) is 0.515. The van der Waals surface area contributed by atoms with E-state index in [0.717, 1.165) is 15.8 Å². The Balaban J connectivity index is 2.67. The molecule has 10 heavy (non-hydrogen) atoms. The molecule has 0 radical (unpaired) electrons. The van der Waals surface area contributed by atoms with Crippen LogP contribution in [0.3, 0.4) is 0 Å². The molecule has 0 amide bonds. The zero-order valence-electron chi connectivity index (χ0n) is 5.70. The molecule has 0 spiro atoms. The molecular weight excluding hydrogens is 164 g/mol. The molecule has 0 saturated carbocycles. The lowest BCUT2D eigenvalue weighted by molar-refractivity contribution is 0.966. The van der Waals surface area contributed by atoms with E-state index in [9.17, 15) is 0 Å². The summed E-state index contributed by atoms with van der Waals surface area (Å²) in [6.07, 6.45) is 4.67. The maximum Gasteiger partial charge on any atom is 0.174 e. The van der Waals surface area contributed by atoms with Crippen molar-refractivity contribution in [1.29, 1.82) is 0 Å². The van der Waals surface area contributed by atoms with E-state index in [4.69, 9.17) is 0 Å². The Bertz CT molecular complexity index is 219. The van der Waals surface area contributed by atoms with Gasteiger partial charge in [0, 0.05) is 6.42 Å². The Labute approximate surface area is 68.4 Å². The van der Waals surface area contributed by atoms with Crippen molar-refractivity contribution in [3.63, 3.8) is 0 Å². The Kier molecular flexibility index (Phi) is 2.89. The van der Waals surface area contributed by atoms with E-state index in [1.807, 2.05) is 12.3 Å². The summed E-state index contributed by atoms with van der Waals surface area (Å²) >= 11 is 3.25. The normalized spacial score (nSPS) is 9.70. The molecule has 0 aliphatic carbocycles. The second kappa shape index (κ2) is 3.73. The van der Waals surface area contributed by atoms with E-state index >= 15 is 0 Å². The van der Waals surface area contributed by atoms with E-state index in [0.29, 0.717) is 0 Å². The summed E-state index contributed by atoms with van der Waals surface area (Å²) in [5, 5.41) is 8.93. The first-order valence-corrected chi connectivity index (χ1v) is 4.88. The predicted molar refractivity (Wildman–Crippen MR) is 45.6 cm³/mol. The van der Waals surface area contributed by atoms with E-state index < -0.39 is 0 Å². The average Bonchev–Trinajstić information content (AvgIpc) is 2.37. The van der Waals surface area contributed by atoms with Gasteiger partial charge in [-0.2, -0.15) is 0 Å². The molecular formula is C6H8N2S2. The van der Waals surface area contributed by atoms with Gasteiger partial charge in [0.1, 0.15) is 5.01 Å². The maximum atomic E-state index is 3.95. The van der Waals surface area contributed by atoms with Gasteiger partial charge in [-0.3, -0.25) is 0 Å². The third-order valence-corrected chi connectivity index (χ3v) is 2.86. The number of nitrogens with zero attached hydrogens (tertiary/aromatic N) is 2. The van der Waals surface area contributed by atoms with Gasteiger partial charge < -0.3 is 0 Å². The van der Waals surface area contributed by atoms with Crippen molar-refractivity contribution in [1.82, 2.24) is 10.2 Å². The van der Waals surface area contributed by atoms with Crippen molar-refractivity contribution in [2.24, 2.45) is 0 Å². The molecule has 0 aliphatic rings. The van der Waals surface area contributed by atoms with Crippen molar-refractivity contribution in [3.8, 4) is 0 Å². The second-order valence-corrected chi connectivity index (χ2v) is 3.77. The molecule has 0 aromatic carbocycles. The molecule has 0 saturated heterocycles. The van der Waals surface area contributed by atoms with Crippen molar-refractivity contribution >= 4 is 23.1 Å². The summed E-state index contributed by atoms with van der Waals surface area (Å²) in [5.74, 6) is 0. The fourth-order valence-electron chi connectivity index (χ4n) is 0.527. The molecule has 1 aromatic heterocycles. The lowest BCUT2D eigenvalue weighted by atomic mass is 10.5. The Morgan fingerprint density at radius 2 is 2.50 bits per heavy atom. The Morgan fingerprint density at radius 1 is 1.70 bits per heavy atom. The van der Waals surface area contributed by atoms with Gasteiger partial charge in [0.15, 0.2) is 4.34 Å². The highest BCUT2D eigenvalue weighted by molar-refractivity contribution is 8.00. The van der Waals surface area contributed by atoms with Gasteiger partial charge in [-0.25, -0.2) is 0 Å². The van der Waals surface area contributed by atoms with Crippen LogP contribution in [-0.2, 0) is 6.42 Å². The number of rotatable bonds is 3. The van der Waals surface area contributed by atoms with Crippen LogP contribution in [0.1, 0.15) is 5.01 Å². The molecule has 0 bridgehead atoms.